The predicted molar refractivity (Wildman–Crippen MR) is 86.9 cm³/mol. The van der Waals surface area contributed by atoms with Gasteiger partial charge in [-0.15, -0.1) is 0 Å². The first-order chi connectivity index (χ1) is 11.0. The number of piperidine rings is 1. The molecule has 1 fully saturated rings. The number of hydrogen-bond donors (Lipinski definition) is 1. The molecule has 1 saturated heterocycles. The van der Waals surface area contributed by atoms with Crippen LogP contribution in [0.4, 0.5) is 10.2 Å². The number of halogens is 2. The van der Waals surface area contributed by atoms with Crippen LogP contribution in [0.5, 0.6) is 0 Å². The van der Waals surface area contributed by atoms with E-state index in [-0.39, 0.29) is 16.0 Å². The Balaban J connectivity index is 1.64. The summed E-state index contributed by atoms with van der Waals surface area (Å²) >= 11 is 6.80. The van der Waals surface area contributed by atoms with Crippen LogP contribution in [0, 0.1) is 5.82 Å². The zero-order chi connectivity index (χ0) is 16.4. The number of anilines is 1. The fourth-order valence-electron chi connectivity index (χ4n) is 2.46. The van der Waals surface area contributed by atoms with Crippen molar-refractivity contribution in [3.05, 3.63) is 35.2 Å². The monoisotopic (exact) mass is 376 g/mol. The normalized spacial score (nSPS) is 16.7. The smallest absolute Gasteiger partial charge is 0.240 e. The molecule has 0 saturated carbocycles. The lowest BCUT2D eigenvalue weighted by atomic mass is 10.1. The summed E-state index contributed by atoms with van der Waals surface area (Å²) in [4.78, 5) is 2.04. The molecule has 0 spiro atoms. The topological polar surface area (TPSA) is 75.2 Å². The van der Waals surface area contributed by atoms with Gasteiger partial charge in [0.15, 0.2) is 5.82 Å². The zero-order valence-electron chi connectivity index (χ0n) is 11.9. The molecule has 124 valence electrons. The molecule has 10 heteroatoms. The van der Waals surface area contributed by atoms with Gasteiger partial charge in [0.25, 0.3) is 0 Å². The Morgan fingerprint density at radius 2 is 2.09 bits per heavy atom. The molecule has 0 atom stereocenters. The van der Waals surface area contributed by atoms with Crippen molar-refractivity contribution in [1.29, 1.82) is 0 Å². The van der Waals surface area contributed by atoms with Gasteiger partial charge in [-0.1, -0.05) is 11.6 Å². The van der Waals surface area contributed by atoms with E-state index in [1.807, 2.05) is 0 Å². The Kier molecular flexibility index (Phi) is 4.81. The van der Waals surface area contributed by atoms with Crippen LogP contribution >= 0.6 is 23.3 Å². The van der Waals surface area contributed by atoms with Gasteiger partial charge in [0.1, 0.15) is 5.82 Å². The van der Waals surface area contributed by atoms with E-state index in [0.29, 0.717) is 25.9 Å². The highest BCUT2D eigenvalue weighted by molar-refractivity contribution is 7.89. The van der Waals surface area contributed by atoms with Gasteiger partial charge >= 0.3 is 0 Å². The van der Waals surface area contributed by atoms with Gasteiger partial charge in [0.2, 0.25) is 10.0 Å². The van der Waals surface area contributed by atoms with Crippen molar-refractivity contribution in [1.82, 2.24) is 13.5 Å². The molecule has 3 rings (SSSR count). The summed E-state index contributed by atoms with van der Waals surface area (Å²) in [6.07, 6.45) is 3.02. The molecule has 1 aromatic carbocycles. The summed E-state index contributed by atoms with van der Waals surface area (Å²) < 4.78 is 48.6. The number of sulfonamides is 1. The Labute approximate surface area is 142 Å². The number of benzene rings is 1. The van der Waals surface area contributed by atoms with E-state index in [9.17, 15) is 12.8 Å². The molecular weight excluding hydrogens is 363 g/mol. The highest BCUT2D eigenvalue weighted by atomic mass is 35.5. The third kappa shape index (κ3) is 3.79. The fraction of sp³-hybridized carbons (Fsp3) is 0.385. The SMILES string of the molecule is O=S(=O)(NC1CCN(c2cnsn2)CC1)c1ccc(F)c(Cl)c1. The summed E-state index contributed by atoms with van der Waals surface area (Å²) in [7, 11) is -3.72. The van der Waals surface area contributed by atoms with Crippen LogP contribution in [0.3, 0.4) is 0 Å². The quantitative estimate of drug-likeness (QED) is 0.886. The largest absolute Gasteiger partial charge is 0.354 e. The summed E-state index contributed by atoms with van der Waals surface area (Å²) in [5.74, 6) is 0.178. The summed E-state index contributed by atoms with van der Waals surface area (Å²) in [5, 5.41) is -0.210. The number of hydrogen-bond acceptors (Lipinski definition) is 6. The molecule has 0 radical (unpaired) electrons. The molecule has 0 unspecified atom stereocenters. The van der Waals surface area contributed by atoms with Gasteiger partial charge in [-0.2, -0.15) is 8.75 Å². The number of nitrogens with zero attached hydrogens (tertiary/aromatic N) is 3. The van der Waals surface area contributed by atoms with Crippen molar-refractivity contribution in [2.24, 2.45) is 0 Å². The molecule has 1 N–H and O–H groups in total. The zero-order valence-corrected chi connectivity index (χ0v) is 14.3. The average molecular weight is 377 g/mol. The van der Waals surface area contributed by atoms with E-state index in [2.05, 4.69) is 18.4 Å². The summed E-state index contributed by atoms with van der Waals surface area (Å²) in [6.45, 7) is 1.39. The Morgan fingerprint density at radius 1 is 1.35 bits per heavy atom. The fourth-order valence-corrected chi connectivity index (χ4v) is 4.47. The molecule has 2 heterocycles. The number of rotatable bonds is 4. The van der Waals surface area contributed by atoms with Crippen molar-refractivity contribution in [3.63, 3.8) is 0 Å². The van der Waals surface area contributed by atoms with Crippen LogP contribution in [0.1, 0.15) is 12.8 Å². The molecule has 23 heavy (non-hydrogen) atoms. The third-order valence-electron chi connectivity index (χ3n) is 3.69. The van der Waals surface area contributed by atoms with Crippen molar-refractivity contribution in [2.45, 2.75) is 23.8 Å². The predicted octanol–water partition coefficient (Wildman–Crippen LogP) is 2.28. The Hall–Kier alpha value is -1.29. The lowest BCUT2D eigenvalue weighted by Crippen LogP contribution is -2.44. The van der Waals surface area contributed by atoms with Gasteiger partial charge in [-0.25, -0.2) is 17.5 Å². The maximum atomic E-state index is 13.2. The van der Waals surface area contributed by atoms with Crippen LogP contribution in [0.2, 0.25) is 5.02 Å². The first-order valence-electron chi connectivity index (χ1n) is 6.95. The van der Waals surface area contributed by atoms with Crippen LogP contribution < -0.4 is 9.62 Å². The maximum absolute atomic E-state index is 13.2. The maximum Gasteiger partial charge on any atom is 0.240 e. The van der Waals surface area contributed by atoms with Gasteiger partial charge in [-0.3, -0.25) is 0 Å². The van der Waals surface area contributed by atoms with Gasteiger partial charge < -0.3 is 4.90 Å². The van der Waals surface area contributed by atoms with E-state index in [0.717, 1.165) is 29.7 Å². The minimum Gasteiger partial charge on any atom is -0.354 e. The van der Waals surface area contributed by atoms with E-state index >= 15 is 0 Å². The highest BCUT2D eigenvalue weighted by Gasteiger charge is 2.25. The first kappa shape index (κ1) is 16.6. The van der Waals surface area contributed by atoms with Crippen molar-refractivity contribution >= 4 is 39.2 Å². The molecule has 1 aliphatic heterocycles. The van der Waals surface area contributed by atoms with E-state index in [1.54, 1.807) is 6.20 Å². The van der Waals surface area contributed by atoms with Crippen molar-refractivity contribution in [2.75, 3.05) is 18.0 Å². The van der Waals surface area contributed by atoms with E-state index in [1.165, 1.54) is 6.07 Å². The average Bonchev–Trinajstić information content (AvgIpc) is 3.04. The second kappa shape index (κ2) is 6.68. The standard InChI is InChI=1S/C13H14ClFN4O2S2/c14-11-7-10(1-2-12(11)15)23(20,21)18-9-3-5-19(6-4-9)13-8-16-22-17-13/h1-2,7-9,18H,3-6H2. The molecule has 0 bridgehead atoms. The molecule has 0 amide bonds. The van der Waals surface area contributed by atoms with Crippen molar-refractivity contribution in [3.8, 4) is 0 Å². The van der Waals surface area contributed by atoms with Crippen LogP contribution in [-0.4, -0.2) is 36.3 Å². The summed E-state index contributed by atoms with van der Waals surface area (Å²) in [6, 6.07) is 3.20. The molecule has 6 nitrogen and oxygen atoms in total. The minimum atomic E-state index is -3.72. The Morgan fingerprint density at radius 3 is 2.70 bits per heavy atom. The van der Waals surface area contributed by atoms with Gasteiger partial charge in [0, 0.05) is 19.1 Å². The van der Waals surface area contributed by atoms with E-state index < -0.39 is 15.8 Å². The number of nitrogens with one attached hydrogen (secondary N) is 1. The van der Waals surface area contributed by atoms with Crippen LogP contribution in [0.25, 0.3) is 0 Å². The second-order valence-electron chi connectivity index (χ2n) is 5.22. The van der Waals surface area contributed by atoms with Crippen LogP contribution in [-0.2, 0) is 10.0 Å². The van der Waals surface area contributed by atoms with Crippen molar-refractivity contribution < 1.29 is 12.8 Å². The lowest BCUT2D eigenvalue weighted by Gasteiger charge is -2.32. The number of aromatic nitrogens is 2. The minimum absolute atomic E-state index is 0.0324. The van der Waals surface area contributed by atoms with Gasteiger partial charge in [0.05, 0.1) is 27.8 Å². The molecule has 2 aromatic rings. The Bertz CT molecular complexity index is 777. The molecule has 1 aromatic heterocycles. The molecule has 1 aliphatic rings. The third-order valence-corrected chi connectivity index (χ3v) is 5.97. The van der Waals surface area contributed by atoms with Gasteiger partial charge in [-0.05, 0) is 31.0 Å². The van der Waals surface area contributed by atoms with Crippen LogP contribution in [0.15, 0.2) is 29.3 Å². The molecular formula is C13H14ClFN4O2S2. The second-order valence-corrected chi connectivity index (χ2v) is 7.90. The molecule has 0 aliphatic carbocycles. The lowest BCUT2D eigenvalue weighted by molar-refractivity contribution is 0.459. The summed E-state index contributed by atoms with van der Waals surface area (Å²) in [5.41, 5.74) is 0. The first-order valence-corrected chi connectivity index (χ1v) is 9.55. The highest BCUT2D eigenvalue weighted by Crippen LogP contribution is 2.22. The van der Waals surface area contributed by atoms with E-state index in [4.69, 9.17) is 11.6 Å².